The van der Waals surface area contributed by atoms with Gasteiger partial charge in [-0.25, -0.2) is 8.42 Å². The highest BCUT2D eigenvalue weighted by Gasteiger charge is 2.11. The molecular weight excluding hydrogens is 352 g/mol. The van der Waals surface area contributed by atoms with Crippen molar-refractivity contribution in [2.24, 2.45) is 0 Å². The van der Waals surface area contributed by atoms with Gasteiger partial charge >= 0.3 is 0 Å². The number of anilines is 2. The fourth-order valence-corrected chi connectivity index (χ4v) is 2.81. The van der Waals surface area contributed by atoms with E-state index >= 15 is 0 Å². The molecule has 6 nitrogen and oxygen atoms in total. The molecule has 0 saturated heterocycles. The van der Waals surface area contributed by atoms with E-state index in [1.54, 1.807) is 36.4 Å². The van der Waals surface area contributed by atoms with Crippen molar-refractivity contribution >= 4 is 38.9 Å². The highest BCUT2D eigenvalue weighted by Crippen LogP contribution is 2.27. The van der Waals surface area contributed by atoms with Crippen molar-refractivity contribution in [3.05, 3.63) is 53.1 Å². The van der Waals surface area contributed by atoms with Gasteiger partial charge in [-0.15, -0.1) is 0 Å². The predicted octanol–water partition coefficient (Wildman–Crippen LogP) is 3.36. The first kappa shape index (κ1) is 18.1. The molecule has 0 spiro atoms. The zero-order valence-electron chi connectivity index (χ0n) is 13.2. The monoisotopic (exact) mass is 368 g/mol. The summed E-state index contributed by atoms with van der Waals surface area (Å²) in [5.74, 6) is 0.0766. The van der Waals surface area contributed by atoms with E-state index < -0.39 is 10.0 Å². The third kappa shape index (κ3) is 4.62. The lowest BCUT2D eigenvalue weighted by molar-refractivity contribution is 0.102. The maximum absolute atomic E-state index is 12.3. The Labute approximate surface area is 145 Å². The average Bonchev–Trinajstić information content (AvgIpc) is 2.55. The van der Waals surface area contributed by atoms with Crippen LogP contribution in [0.1, 0.15) is 17.3 Å². The highest BCUT2D eigenvalue weighted by atomic mass is 35.5. The lowest BCUT2D eigenvalue weighted by Crippen LogP contribution is -2.16. The number of halogens is 1. The van der Waals surface area contributed by atoms with Crippen LogP contribution in [0.4, 0.5) is 11.4 Å². The summed E-state index contributed by atoms with van der Waals surface area (Å²) in [4.78, 5) is 12.3. The summed E-state index contributed by atoms with van der Waals surface area (Å²) in [6.45, 7) is 1.53. The smallest absolute Gasteiger partial charge is 0.255 e. The first-order valence-electron chi connectivity index (χ1n) is 7.10. The molecule has 0 bridgehead atoms. The minimum atomic E-state index is -3.40. The zero-order valence-corrected chi connectivity index (χ0v) is 14.7. The second-order valence-electron chi connectivity index (χ2n) is 4.89. The van der Waals surface area contributed by atoms with E-state index in [0.29, 0.717) is 27.7 Å². The second kappa shape index (κ2) is 7.55. The van der Waals surface area contributed by atoms with Crippen LogP contribution in [0.15, 0.2) is 42.5 Å². The largest absolute Gasteiger partial charge is 0.495 e. The van der Waals surface area contributed by atoms with Crippen molar-refractivity contribution in [1.29, 1.82) is 0 Å². The van der Waals surface area contributed by atoms with Crippen LogP contribution in [0.3, 0.4) is 0 Å². The van der Waals surface area contributed by atoms with E-state index in [0.717, 1.165) is 0 Å². The van der Waals surface area contributed by atoms with E-state index in [4.69, 9.17) is 16.3 Å². The third-order valence-corrected chi connectivity index (χ3v) is 4.79. The minimum Gasteiger partial charge on any atom is -0.495 e. The fourth-order valence-electron chi connectivity index (χ4n) is 1.92. The second-order valence-corrected chi connectivity index (χ2v) is 7.31. The topological polar surface area (TPSA) is 84.5 Å². The maximum atomic E-state index is 12.3. The molecule has 0 fully saturated rings. The molecule has 1 amide bonds. The number of ether oxygens (including phenoxy) is 1. The Morgan fingerprint density at radius 1 is 1.17 bits per heavy atom. The van der Waals surface area contributed by atoms with Crippen molar-refractivity contribution in [3.8, 4) is 5.75 Å². The molecule has 0 aromatic heterocycles. The Bertz CT molecular complexity index is 853. The van der Waals surface area contributed by atoms with Crippen LogP contribution < -0.4 is 14.8 Å². The van der Waals surface area contributed by atoms with Gasteiger partial charge in [-0.3, -0.25) is 9.52 Å². The SMILES string of the molecule is CCS(=O)(=O)Nc1cccc(C(=O)Nc2ccc(OC)c(Cl)c2)c1. The van der Waals surface area contributed by atoms with Gasteiger partial charge in [0, 0.05) is 16.9 Å². The van der Waals surface area contributed by atoms with Crippen molar-refractivity contribution < 1.29 is 17.9 Å². The van der Waals surface area contributed by atoms with E-state index in [9.17, 15) is 13.2 Å². The summed E-state index contributed by atoms with van der Waals surface area (Å²) in [6, 6.07) is 11.1. The van der Waals surface area contributed by atoms with Gasteiger partial charge < -0.3 is 10.1 Å². The summed E-state index contributed by atoms with van der Waals surface area (Å²) in [5, 5.41) is 3.07. The molecule has 0 saturated carbocycles. The van der Waals surface area contributed by atoms with Gasteiger partial charge in [0.2, 0.25) is 10.0 Å². The molecule has 0 aliphatic heterocycles. The van der Waals surface area contributed by atoms with Crippen molar-refractivity contribution in [3.63, 3.8) is 0 Å². The normalized spacial score (nSPS) is 11.0. The molecule has 0 radical (unpaired) electrons. The predicted molar refractivity (Wildman–Crippen MR) is 95.5 cm³/mol. The Morgan fingerprint density at radius 3 is 2.54 bits per heavy atom. The molecule has 2 N–H and O–H groups in total. The molecule has 0 atom stereocenters. The van der Waals surface area contributed by atoms with Gasteiger partial charge in [0.05, 0.1) is 17.9 Å². The van der Waals surface area contributed by atoms with Crippen LogP contribution in [0.25, 0.3) is 0 Å². The molecule has 0 heterocycles. The van der Waals surface area contributed by atoms with Crippen LogP contribution in [-0.4, -0.2) is 27.2 Å². The summed E-state index contributed by atoms with van der Waals surface area (Å²) < 4.78 is 30.7. The van der Waals surface area contributed by atoms with E-state index in [1.165, 1.54) is 20.1 Å². The number of amides is 1. The maximum Gasteiger partial charge on any atom is 0.255 e. The van der Waals surface area contributed by atoms with Crippen LogP contribution in [0, 0.1) is 0 Å². The summed E-state index contributed by atoms with van der Waals surface area (Å²) >= 11 is 6.02. The number of benzene rings is 2. The molecule has 0 aliphatic rings. The van der Waals surface area contributed by atoms with Gasteiger partial charge in [0.15, 0.2) is 0 Å². The highest BCUT2D eigenvalue weighted by molar-refractivity contribution is 7.92. The Balaban J connectivity index is 2.17. The van der Waals surface area contributed by atoms with Gasteiger partial charge in [-0.05, 0) is 43.3 Å². The molecule has 128 valence electrons. The molecule has 2 rings (SSSR count). The van der Waals surface area contributed by atoms with Gasteiger partial charge in [-0.2, -0.15) is 0 Å². The molecule has 24 heavy (non-hydrogen) atoms. The van der Waals surface area contributed by atoms with Crippen molar-refractivity contribution in [2.45, 2.75) is 6.92 Å². The van der Waals surface area contributed by atoms with E-state index in [-0.39, 0.29) is 11.7 Å². The standard InChI is InChI=1S/C16H17ClN2O4S/c1-3-24(21,22)19-13-6-4-5-11(9-13)16(20)18-12-7-8-15(23-2)14(17)10-12/h4-10,19H,3H2,1-2H3,(H,18,20). The molecule has 0 unspecified atom stereocenters. The first-order valence-corrected chi connectivity index (χ1v) is 9.13. The van der Waals surface area contributed by atoms with Crippen LogP contribution in [0.5, 0.6) is 5.75 Å². The van der Waals surface area contributed by atoms with Crippen LogP contribution >= 0.6 is 11.6 Å². The average molecular weight is 369 g/mol. The first-order chi connectivity index (χ1) is 11.3. The number of hydrogen-bond donors (Lipinski definition) is 2. The van der Waals surface area contributed by atoms with Crippen molar-refractivity contribution in [2.75, 3.05) is 22.9 Å². The number of methoxy groups -OCH3 is 1. The van der Waals surface area contributed by atoms with Crippen molar-refractivity contribution in [1.82, 2.24) is 0 Å². The Morgan fingerprint density at radius 2 is 1.92 bits per heavy atom. The fraction of sp³-hybridized carbons (Fsp3) is 0.188. The molecule has 8 heteroatoms. The summed E-state index contributed by atoms with van der Waals surface area (Å²) in [6.07, 6.45) is 0. The van der Waals surface area contributed by atoms with Crippen LogP contribution in [-0.2, 0) is 10.0 Å². The molecule has 0 aliphatic carbocycles. The third-order valence-electron chi connectivity index (χ3n) is 3.19. The number of hydrogen-bond acceptors (Lipinski definition) is 4. The quantitative estimate of drug-likeness (QED) is 0.818. The lowest BCUT2D eigenvalue weighted by atomic mass is 10.2. The molecule has 2 aromatic carbocycles. The van der Waals surface area contributed by atoms with Gasteiger partial charge in [0.25, 0.3) is 5.91 Å². The van der Waals surface area contributed by atoms with Gasteiger partial charge in [-0.1, -0.05) is 17.7 Å². The zero-order chi connectivity index (χ0) is 17.7. The number of sulfonamides is 1. The Kier molecular flexibility index (Phi) is 5.69. The van der Waals surface area contributed by atoms with Crippen LogP contribution in [0.2, 0.25) is 5.02 Å². The molecular formula is C16H17ClN2O4S. The lowest BCUT2D eigenvalue weighted by Gasteiger charge is -2.10. The van der Waals surface area contributed by atoms with E-state index in [1.807, 2.05) is 0 Å². The molecule has 2 aromatic rings. The summed E-state index contributed by atoms with van der Waals surface area (Å²) in [7, 11) is -1.90. The minimum absolute atomic E-state index is 0.0478. The number of carbonyl (C=O) groups is 1. The van der Waals surface area contributed by atoms with Gasteiger partial charge in [0.1, 0.15) is 5.75 Å². The van der Waals surface area contributed by atoms with E-state index in [2.05, 4.69) is 10.0 Å². The number of rotatable bonds is 6. The number of nitrogens with one attached hydrogen (secondary N) is 2. The number of carbonyl (C=O) groups excluding carboxylic acids is 1. The summed E-state index contributed by atoms with van der Waals surface area (Å²) in [5.41, 5.74) is 1.15. The Hall–Kier alpha value is -2.25.